The van der Waals surface area contributed by atoms with Gasteiger partial charge in [-0.3, -0.25) is 9.59 Å². The monoisotopic (exact) mass is 543 g/mol. The van der Waals surface area contributed by atoms with Gasteiger partial charge in [-0.1, -0.05) is 30.3 Å². The summed E-state index contributed by atoms with van der Waals surface area (Å²) in [5.74, 6) is 1.38. The molecule has 0 unspecified atom stereocenters. The fraction of sp³-hybridized carbons (Fsp3) is 0.312. The van der Waals surface area contributed by atoms with Gasteiger partial charge < -0.3 is 29.0 Å². The average Bonchev–Trinajstić information content (AvgIpc) is 3.40. The number of rotatable bonds is 12. The summed E-state index contributed by atoms with van der Waals surface area (Å²) in [5.41, 5.74) is 3.59. The van der Waals surface area contributed by atoms with Gasteiger partial charge in [0.15, 0.2) is 0 Å². The lowest BCUT2D eigenvalue weighted by Crippen LogP contribution is -2.46. The predicted octanol–water partition coefficient (Wildman–Crippen LogP) is 5.32. The molecule has 4 rings (SSSR count). The number of para-hydroxylation sites is 1. The van der Waals surface area contributed by atoms with E-state index in [1.165, 1.54) is 14.2 Å². The summed E-state index contributed by atoms with van der Waals surface area (Å²) in [6.07, 6.45) is 2.68. The van der Waals surface area contributed by atoms with Crippen molar-refractivity contribution in [3.63, 3.8) is 0 Å². The van der Waals surface area contributed by atoms with Crippen LogP contribution >= 0.6 is 0 Å². The standard InChI is InChI=1S/C32H37N3O5/c1-22(2)35(32(37)25-16-27(39-4)18-28(17-25)40-5)21-31(36)34(20-23-10-12-26(38-3)13-11-23)15-14-24-19-33-30-9-7-6-8-29(24)30/h6-13,16-19,22,33H,14-15,20-21H2,1-5H3. The van der Waals surface area contributed by atoms with Gasteiger partial charge >= 0.3 is 0 Å². The zero-order chi connectivity index (χ0) is 28.6. The SMILES string of the molecule is COc1ccc(CN(CCc2c[nH]c3ccccc23)C(=O)CN(C(=O)c2cc(OC)cc(OC)c2)C(C)C)cc1. The van der Waals surface area contributed by atoms with Crippen LogP contribution in [-0.2, 0) is 17.8 Å². The third-order valence-electron chi connectivity index (χ3n) is 7.00. The molecule has 0 aliphatic carbocycles. The van der Waals surface area contributed by atoms with E-state index >= 15 is 0 Å². The van der Waals surface area contributed by atoms with Gasteiger partial charge in [-0.25, -0.2) is 0 Å². The Labute approximate surface area is 235 Å². The number of nitrogens with zero attached hydrogens (tertiary/aromatic N) is 2. The molecule has 2 amide bonds. The molecule has 1 heterocycles. The van der Waals surface area contributed by atoms with Crippen molar-refractivity contribution in [2.45, 2.75) is 32.9 Å². The second kappa shape index (κ2) is 13.1. The normalized spacial score (nSPS) is 10.9. The molecule has 0 radical (unpaired) electrons. The van der Waals surface area contributed by atoms with E-state index in [2.05, 4.69) is 11.1 Å². The number of aromatic nitrogens is 1. The molecular weight excluding hydrogens is 506 g/mol. The highest BCUT2D eigenvalue weighted by Gasteiger charge is 2.26. The molecule has 0 bridgehead atoms. The molecule has 0 saturated heterocycles. The number of aromatic amines is 1. The smallest absolute Gasteiger partial charge is 0.254 e. The van der Waals surface area contributed by atoms with E-state index in [1.807, 2.05) is 67.4 Å². The first-order valence-corrected chi connectivity index (χ1v) is 13.3. The number of benzene rings is 3. The van der Waals surface area contributed by atoms with Crippen molar-refractivity contribution < 1.29 is 23.8 Å². The lowest BCUT2D eigenvalue weighted by atomic mass is 10.1. The summed E-state index contributed by atoms with van der Waals surface area (Å²) in [4.78, 5) is 34.2. The van der Waals surface area contributed by atoms with Crippen LogP contribution in [0.15, 0.2) is 72.9 Å². The molecule has 210 valence electrons. The molecule has 0 fully saturated rings. The van der Waals surface area contributed by atoms with Crippen LogP contribution in [-0.4, -0.2) is 67.1 Å². The van der Waals surface area contributed by atoms with Crippen LogP contribution in [0.25, 0.3) is 10.9 Å². The highest BCUT2D eigenvalue weighted by Crippen LogP contribution is 2.24. The Morgan fingerprint density at radius 1 is 0.850 bits per heavy atom. The highest BCUT2D eigenvalue weighted by atomic mass is 16.5. The molecule has 0 aliphatic heterocycles. The summed E-state index contributed by atoms with van der Waals surface area (Å²) >= 11 is 0. The van der Waals surface area contributed by atoms with E-state index < -0.39 is 0 Å². The maximum absolute atomic E-state index is 13.8. The average molecular weight is 544 g/mol. The van der Waals surface area contributed by atoms with Crippen LogP contribution in [0.5, 0.6) is 17.2 Å². The molecule has 0 aliphatic rings. The molecule has 3 aromatic carbocycles. The van der Waals surface area contributed by atoms with Gasteiger partial charge in [0.2, 0.25) is 5.91 Å². The number of carbonyl (C=O) groups is 2. The van der Waals surface area contributed by atoms with Crippen LogP contribution in [0.1, 0.15) is 35.3 Å². The highest BCUT2D eigenvalue weighted by molar-refractivity contribution is 5.97. The van der Waals surface area contributed by atoms with Crippen LogP contribution in [0.4, 0.5) is 0 Å². The van der Waals surface area contributed by atoms with Crippen molar-refractivity contribution in [3.8, 4) is 17.2 Å². The third-order valence-corrected chi connectivity index (χ3v) is 7.00. The van der Waals surface area contributed by atoms with Gasteiger partial charge in [0, 0.05) is 47.9 Å². The van der Waals surface area contributed by atoms with Gasteiger partial charge in [0.1, 0.15) is 23.8 Å². The minimum Gasteiger partial charge on any atom is -0.497 e. The molecule has 8 nitrogen and oxygen atoms in total. The van der Waals surface area contributed by atoms with E-state index in [1.54, 1.807) is 30.2 Å². The number of amides is 2. The predicted molar refractivity (Wildman–Crippen MR) is 156 cm³/mol. The van der Waals surface area contributed by atoms with E-state index in [-0.39, 0.29) is 24.4 Å². The lowest BCUT2D eigenvalue weighted by Gasteiger charge is -2.30. The van der Waals surface area contributed by atoms with E-state index in [0.717, 1.165) is 27.8 Å². The third kappa shape index (κ3) is 6.75. The fourth-order valence-corrected chi connectivity index (χ4v) is 4.67. The Balaban J connectivity index is 1.57. The van der Waals surface area contributed by atoms with E-state index in [9.17, 15) is 9.59 Å². The summed E-state index contributed by atoms with van der Waals surface area (Å²) in [6.45, 7) is 4.67. The number of carbonyl (C=O) groups excluding carboxylic acids is 2. The molecule has 0 spiro atoms. The van der Waals surface area contributed by atoms with Gasteiger partial charge in [-0.2, -0.15) is 0 Å². The number of hydrogen-bond acceptors (Lipinski definition) is 5. The maximum Gasteiger partial charge on any atom is 0.254 e. The van der Waals surface area contributed by atoms with Gasteiger partial charge in [-0.15, -0.1) is 0 Å². The number of hydrogen-bond donors (Lipinski definition) is 1. The number of ether oxygens (including phenoxy) is 3. The quantitative estimate of drug-likeness (QED) is 0.262. The first-order chi connectivity index (χ1) is 19.3. The fourth-order valence-electron chi connectivity index (χ4n) is 4.67. The molecule has 40 heavy (non-hydrogen) atoms. The van der Waals surface area contributed by atoms with Crippen molar-refractivity contribution in [1.82, 2.24) is 14.8 Å². The van der Waals surface area contributed by atoms with Crippen LogP contribution in [0.3, 0.4) is 0 Å². The summed E-state index contributed by atoms with van der Waals surface area (Å²) in [6, 6.07) is 20.7. The van der Waals surface area contributed by atoms with Crippen molar-refractivity contribution in [1.29, 1.82) is 0 Å². The Bertz CT molecular complexity index is 1420. The molecule has 0 atom stereocenters. The first kappa shape index (κ1) is 28.5. The van der Waals surface area contributed by atoms with Crippen molar-refractivity contribution in [2.75, 3.05) is 34.4 Å². The van der Waals surface area contributed by atoms with Crippen molar-refractivity contribution in [2.24, 2.45) is 0 Å². The van der Waals surface area contributed by atoms with Crippen LogP contribution in [0, 0.1) is 0 Å². The van der Waals surface area contributed by atoms with Crippen LogP contribution < -0.4 is 14.2 Å². The Kier molecular flexibility index (Phi) is 9.32. The lowest BCUT2D eigenvalue weighted by molar-refractivity contribution is -0.132. The van der Waals surface area contributed by atoms with Crippen molar-refractivity contribution >= 4 is 22.7 Å². The largest absolute Gasteiger partial charge is 0.497 e. The number of nitrogens with one attached hydrogen (secondary N) is 1. The van der Waals surface area contributed by atoms with Crippen molar-refractivity contribution in [3.05, 3.63) is 89.6 Å². The summed E-state index contributed by atoms with van der Waals surface area (Å²) < 4.78 is 16.0. The minimum absolute atomic E-state index is 0.0555. The van der Waals surface area contributed by atoms with E-state index in [4.69, 9.17) is 14.2 Å². The van der Waals surface area contributed by atoms with E-state index in [0.29, 0.717) is 36.6 Å². The minimum atomic E-state index is -0.262. The molecule has 4 aromatic rings. The summed E-state index contributed by atoms with van der Waals surface area (Å²) in [7, 11) is 4.70. The molecule has 1 N–H and O–H groups in total. The molecule has 8 heteroatoms. The maximum atomic E-state index is 13.8. The number of H-pyrrole nitrogens is 1. The number of fused-ring (bicyclic) bond motifs is 1. The Hall–Kier alpha value is -4.46. The zero-order valence-electron chi connectivity index (χ0n) is 23.8. The topological polar surface area (TPSA) is 84.1 Å². The second-order valence-corrected chi connectivity index (χ2v) is 9.90. The zero-order valence-corrected chi connectivity index (χ0v) is 23.8. The Morgan fingerprint density at radius 2 is 1.50 bits per heavy atom. The summed E-state index contributed by atoms with van der Waals surface area (Å²) in [5, 5.41) is 1.14. The molecular formula is C32H37N3O5. The molecule has 1 aromatic heterocycles. The molecule has 0 saturated carbocycles. The van der Waals surface area contributed by atoms with Gasteiger partial charge in [0.25, 0.3) is 5.91 Å². The second-order valence-electron chi connectivity index (χ2n) is 9.90. The van der Waals surface area contributed by atoms with Gasteiger partial charge in [-0.05, 0) is 61.7 Å². The first-order valence-electron chi connectivity index (χ1n) is 13.3. The Morgan fingerprint density at radius 3 is 2.12 bits per heavy atom. The number of methoxy groups -OCH3 is 3. The van der Waals surface area contributed by atoms with Gasteiger partial charge in [0.05, 0.1) is 21.3 Å². The van der Waals surface area contributed by atoms with Crippen LogP contribution in [0.2, 0.25) is 0 Å².